The number of carbonyl (C=O) groups excluding carboxylic acids is 2. The predicted octanol–water partition coefficient (Wildman–Crippen LogP) is 0.735. The second-order valence-electron chi connectivity index (χ2n) is 5.27. The number of nitrogens with one attached hydrogen (secondary N) is 1. The highest BCUT2D eigenvalue weighted by Gasteiger charge is 2.12. The van der Waals surface area contributed by atoms with Gasteiger partial charge in [0.15, 0.2) is 0 Å². The molecule has 1 atom stereocenters. The van der Waals surface area contributed by atoms with Crippen molar-refractivity contribution in [3.05, 3.63) is 0 Å². The summed E-state index contributed by atoms with van der Waals surface area (Å²) in [6.07, 6.45) is 2.27. The third kappa shape index (κ3) is 8.06. The third-order valence-electron chi connectivity index (χ3n) is 2.70. The molecule has 0 aromatic heterocycles. The van der Waals surface area contributed by atoms with E-state index in [9.17, 15) is 9.59 Å². The Morgan fingerprint density at radius 2 is 1.83 bits per heavy atom. The number of nitrogens with two attached hydrogens (primary N) is 1. The Kier molecular flexibility index (Phi) is 8.37. The molecule has 106 valence electrons. The highest BCUT2D eigenvalue weighted by molar-refractivity contribution is 5.78. The fourth-order valence-electron chi connectivity index (χ4n) is 1.71. The number of hydrogen-bond donors (Lipinski definition) is 2. The number of carbonyl (C=O) groups is 2. The molecule has 0 bridgehead atoms. The lowest BCUT2D eigenvalue weighted by Crippen LogP contribution is -2.41. The molecule has 0 aromatic rings. The maximum atomic E-state index is 11.7. The van der Waals surface area contributed by atoms with Gasteiger partial charge in [-0.15, -0.1) is 0 Å². The quantitative estimate of drug-likeness (QED) is 0.673. The normalized spacial score (nSPS) is 12.3. The molecule has 0 aliphatic rings. The van der Waals surface area contributed by atoms with E-state index in [1.54, 1.807) is 19.0 Å². The van der Waals surface area contributed by atoms with E-state index in [1.165, 1.54) is 0 Å². The molecule has 5 nitrogen and oxygen atoms in total. The first kappa shape index (κ1) is 16.9. The Morgan fingerprint density at radius 1 is 1.22 bits per heavy atom. The molecule has 0 aliphatic heterocycles. The monoisotopic (exact) mass is 257 g/mol. The van der Waals surface area contributed by atoms with E-state index in [-0.39, 0.29) is 17.9 Å². The minimum absolute atomic E-state index is 0.0161. The van der Waals surface area contributed by atoms with Crippen molar-refractivity contribution in [2.24, 2.45) is 11.7 Å². The zero-order valence-electron chi connectivity index (χ0n) is 12.0. The van der Waals surface area contributed by atoms with Crippen LogP contribution in [0.2, 0.25) is 0 Å². The molecule has 2 amide bonds. The second kappa shape index (κ2) is 8.91. The molecule has 3 N–H and O–H groups in total. The number of hydrogen-bond acceptors (Lipinski definition) is 3. The van der Waals surface area contributed by atoms with Crippen LogP contribution in [0.25, 0.3) is 0 Å². The van der Waals surface area contributed by atoms with Gasteiger partial charge in [0.05, 0.1) is 0 Å². The Bertz CT molecular complexity index is 265. The SMILES string of the molecule is CC(C)CC(CN)NC(=O)CCCC(=O)N(C)C. The van der Waals surface area contributed by atoms with E-state index in [4.69, 9.17) is 5.73 Å². The van der Waals surface area contributed by atoms with Gasteiger partial charge in [-0.25, -0.2) is 0 Å². The van der Waals surface area contributed by atoms with Gasteiger partial charge in [0.2, 0.25) is 11.8 Å². The van der Waals surface area contributed by atoms with E-state index >= 15 is 0 Å². The van der Waals surface area contributed by atoms with Gasteiger partial charge >= 0.3 is 0 Å². The average molecular weight is 257 g/mol. The van der Waals surface area contributed by atoms with Crippen molar-refractivity contribution in [2.75, 3.05) is 20.6 Å². The van der Waals surface area contributed by atoms with Crippen molar-refractivity contribution < 1.29 is 9.59 Å². The van der Waals surface area contributed by atoms with Gasteiger partial charge in [-0.05, 0) is 18.8 Å². The summed E-state index contributed by atoms with van der Waals surface area (Å²) in [4.78, 5) is 24.5. The van der Waals surface area contributed by atoms with Crippen molar-refractivity contribution in [2.45, 2.75) is 45.6 Å². The van der Waals surface area contributed by atoms with Gasteiger partial charge in [-0.2, -0.15) is 0 Å². The summed E-state index contributed by atoms with van der Waals surface area (Å²) < 4.78 is 0. The maximum Gasteiger partial charge on any atom is 0.222 e. The van der Waals surface area contributed by atoms with Crippen LogP contribution in [0.5, 0.6) is 0 Å². The molecule has 0 aliphatic carbocycles. The average Bonchev–Trinajstić information content (AvgIpc) is 2.27. The molecular weight excluding hydrogens is 230 g/mol. The lowest BCUT2D eigenvalue weighted by Gasteiger charge is -2.18. The first-order valence-corrected chi connectivity index (χ1v) is 6.56. The van der Waals surface area contributed by atoms with Crippen molar-refractivity contribution >= 4 is 11.8 Å². The fraction of sp³-hybridized carbons (Fsp3) is 0.846. The number of nitrogens with zero attached hydrogens (tertiary/aromatic N) is 1. The molecule has 5 heteroatoms. The van der Waals surface area contributed by atoms with Gasteiger partial charge in [0.1, 0.15) is 0 Å². The minimum atomic E-state index is -0.0161. The fourth-order valence-corrected chi connectivity index (χ4v) is 1.71. The van der Waals surface area contributed by atoms with Crippen molar-refractivity contribution in [3.63, 3.8) is 0 Å². The molecule has 0 saturated heterocycles. The Balaban J connectivity index is 3.85. The van der Waals surface area contributed by atoms with Crippen LogP contribution in [-0.4, -0.2) is 43.4 Å². The molecule has 0 saturated carbocycles. The van der Waals surface area contributed by atoms with E-state index in [2.05, 4.69) is 19.2 Å². The smallest absolute Gasteiger partial charge is 0.222 e. The van der Waals surface area contributed by atoms with Gasteiger partial charge in [0, 0.05) is 39.5 Å². The summed E-state index contributed by atoms with van der Waals surface area (Å²) in [6.45, 7) is 4.66. The Labute approximate surface area is 110 Å². The zero-order chi connectivity index (χ0) is 14.1. The van der Waals surface area contributed by atoms with Crippen LogP contribution in [0.1, 0.15) is 39.5 Å². The summed E-state index contributed by atoms with van der Waals surface area (Å²) >= 11 is 0. The lowest BCUT2D eigenvalue weighted by atomic mass is 10.0. The Hall–Kier alpha value is -1.10. The molecule has 18 heavy (non-hydrogen) atoms. The lowest BCUT2D eigenvalue weighted by molar-refractivity contribution is -0.129. The number of amides is 2. The molecule has 1 unspecified atom stereocenters. The molecule has 0 heterocycles. The van der Waals surface area contributed by atoms with E-state index in [1.807, 2.05) is 0 Å². The molecule has 0 fully saturated rings. The van der Waals surface area contributed by atoms with Crippen molar-refractivity contribution in [1.82, 2.24) is 10.2 Å². The third-order valence-corrected chi connectivity index (χ3v) is 2.70. The molecule has 0 rings (SSSR count). The first-order valence-electron chi connectivity index (χ1n) is 6.56. The van der Waals surface area contributed by atoms with Crippen LogP contribution < -0.4 is 11.1 Å². The minimum Gasteiger partial charge on any atom is -0.352 e. The maximum absolute atomic E-state index is 11.7. The topological polar surface area (TPSA) is 75.4 Å². The highest BCUT2D eigenvalue weighted by Crippen LogP contribution is 2.05. The number of rotatable bonds is 8. The summed E-state index contributed by atoms with van der Waals surface area (Å²) in [5.74, 6) is 0.548. The van der Waals surface area contributed by atoms with Crippen LogP contribution in [0.15, 0.2) is 0 Å². The highest BCUT2D eigenvalue weighted by atomic mass is 16.2. The van der Waals surface area contributed by atoms with Crippen LogP contribution in [0.3, 0.4) is 0 Å². The van der Waals surface area contributed by atoms with Gasteiger partial charge in [-0.1, -0.05) is 13.8 Å². The van der Waals surface area contributed by atoms with Crippen LogP contribution in [0.4, 0.5) is 0 Å². The predicted molar refractivity (Wildman–Crippen MR) is 73.0 cm³/mol. The van der Waals surface area contributed by atoms with Gasteiger partial charge in [0.25, 0.3) is 0 Å². The summed E-state index contributed by atoms with van der Waals surface area (Å²) in [5, 5.41) is 2.91. The van der Waals surface area contributed by atoms with Crippen LogP contribution in [0, 0.1) is 5.92 Å². The molecule has 0 aromatic carbocycles. The summed E-state index contributed by atoms with van der Waals surface area (Å²) in [6, 6.07) is 0.0436. The molecule has 0 radical (unpaired) electrons. The molecule has 0 spiro atoms. The molecular formula is C13H27N3O2. The largest absolute Gasteiger partial charge is 0.352 e. The zero-order valence-corrected chi connectivity index (χ0v) is 12.0. The van der Waals surface area contributed by atoms with Gasteiger partial charge in [-0.3, -0.25) is 9.59 Å². The van der Waals surface area contributed by atoms with E-state index in [0.717, 1.165) is 6.42 Å². The Morgan fingerprint density at radius 3 is 2.28 bits per heavy atom. The standard InChI is InChI=1S/C13H27N3O2/c1-10(2)8-11(9-14)15-12(17)6-5-7-13(18)16(3)4/h10-11H,5-9,14H2,1-4H3,(H,15,17). The summed E-state index contributed by atoms with van der Waals surface area (Å²) in [5.41, 5.74) is 5.61. The van der Waals surface area contributed by atoms with E-state index in [0.29, 0.717) is 31.7 Å². The first-order chi connectivity index (χ1) is 8.36. The summed E-state index contributed by atoms with van der Waals surface area (Å²) in [7, 11) is 3.44. The second-order valence-corrected chi connectivity index (χ2v) is 5.27. The van der Waals surface area contributed by atoms with Crippen molar-refractivity contribution in [3.8, 4) is 0 Å². The van der Waals surface area contributed by atoms with E-state index < -0.39 is 0 Å². The van der Waals surface area contributed by atoms with Crippen LogP contribution in [-0.2, 0) is 9.59 Å². The van der Waals surface area contributed by atoms with Crippen molar-refractivity contribution in [1.29, 1.82) is 0 Å². The van der Waals surface area contributed by atoms with Gasteiger partial charge < -0.3 is 16.0 Å². The van der Waals surface area contributed by atoms with Crippen LogP contribution >= 0.6 is 0 Å².